The lowest BCUT2D eigenvalue weighted by Gasteiger charge is -2.18. The van der Waals surface area contributed by atoms with E-state index in [0.29, 0.717) is 27.8 Å². The van der Waals surface area contributed by atoms with E-state index < -0.39 is 21.9 Å². The van der Waals surface area contributed by atoms with Crippen molar-refractivity contribution in [3.05, 3.63) is 70.3 Å². The van der Waals surface area contributed by atoms with Gasteiger partial charge in [0.25, 0.3) is 0 Å². The Morgan fingerprint density at radius 1 is 1.26 bits per heavy atom. The quantitative estimate of drug-likeness (QED) is 0.270. The minimum atomic E-state index is -3.43. The van der Waals surface area contributed by atoms with E-state index in [1.54, 1.807) is 38.1 Å². The van der Waals surface area contributed by atoms with Crippen molar-refractivity contribution in [2.24, 2.45) is 0 Å². The number of benzene rings is 2. The predicted octanol–water partition coefficient (Wildman–Crippen LogP) is 6.42. The van der Waals surface area contributed by atoms with Crippen LogP contribution in [-0.2, 0) is 10.0 Å². The summed E-state index contributed by atoms with van der Waals surface area (Å²) in [6.45, 7) is 3.20. The molecular weight excluding hydrogens is 504 g/mol. The minimum absolute atomic E-state index is 0.0483. The molecule has 0 aliphatic carbocycles. The number of pyridine rings is 1. The van der Waals surface area contributed by atoms with Crippen molar-refractivity contribution in [1.82, 2.24) is 4.98 Å². The van der Waals surface area contributed by atoms with Crippen LogP contribution < -0.4 is 15.2 Å². The van der Waals surface area contributed by atoms with E-state index in [1.807, 2.05) is 0 Å². The number of anilines is 2. The van der Waals surface area contributed by atoms with Crippen molar-refractivity contribution in [3.63, 3.8) is 0 Å². The second-order valence-corrected chi connectivity index (χ2v) is 10.3. The van der Waals surface area contributed by atoms with Crippen LogP contribution in [0.2, 0.25) is 10.0 Å². The van der Waals surface area contributed by atoms with Gasteiger partial charge in [0.15, 0.2) is 11.4 Å². The summed E-state index contributed by atoms with van der Waals surface area (Å²) in [5.41, 5.74) is 8.40. The number of nitrogens with two attached hydrogens (primary N) is 1. The zero-order chi connectivity index (χ0) is 24.6. The maximum atomic E-state index is 14.0. The molecule has 0 saturated carbocycles. The monoisotopic (exact) mass is 523 g/mol. The first-order valence-corrected chi connectivity index (χ1v) is 12.6. The molecule has 1 atom stereocenters. The highest BCUT2D eigenvalue weighted by atomic mass is 35.5. The molecule has 2 aromatic heterocycles. The van der Waals surface area contributed by atoms with Crippen LogP contribution in [-0.4, -0.2) is 19.2 Å². The third kappa shape index (κ3) is 4.64. The van der Waals surface area contributed by atoms with Gasteiger partial charge in [-0.2, -0.15) is 0 Å². The number of nitrogen functional groups attached to an aromatic ring is 1. The van der Waals surface area contributed by atoms with Crippen LogP contribution in [0.25, 0.3) is 22.1 Å². The number of fused-ring (bicyclic) bond motifs is 1. The van der Waals surface area contributed by atoms with Crippen LogP contribution >= 0.6 is 23.2 Å². The number of furan rings is 1. The first-order valence-electron chi connectivity index (χ1n) is 10.2. The Morgan fingerprint density at radius 2 is 2.03 bits per heavy atom. The number of hydrogen-bond donors (Lipinski definition) is 2. The fourth-order valence-electron chi connectivity index (χ4n) is 3.47. The number of halogens is 3. The van der Waals surface area contributed by atoms with Gasteiger partial charge in [0.1, 0.15) is 11.9 Å². The molecule has 0 spiro atoms. The maximum absolute atomic E-state index is 14.0. The molecule has 2 aromatic carbocycles. The van der Waals surface area contributed by atoms with Crippen molar-refractivity contribution in [1.29, 1.82) is 0 Å². The van der Waals surface area contributed by atoms with Gasteiger partial charge in [0.2, 0.25) is 15.8 Å². The van der Waals surface area contributed by atoms with E-state index in [1.165, 1.54) is 24.6 Å². The smallest absolute Gasteiger partial charge is 0.232 e. The Kier molecular flexibility index (Phi) is 6.62. The number of hydrogen-bond acceptors (Lipinski definition) is 6. The number of sulfonamides is 1. The maximum Gasteiger partial charge on any atom is 0.232 e. The predicted molar refractivity (Wildman–Crippen MR) is 132 cm³/mol. The first-order chi connectivity index (χ1) is 16.1. The van der Waals surface area contributed by atoms with E-state index in [0.717, 1.165) is 0 Å². The fraction of sp³-hybridized carbons (Fsp3) is 0.174. The van der Waals surface area contributed by atoms with Gasteiger partial charge >= 0.3 is 0 Å². The summed E-state index contributed by atoms with van der Waals surface area (Å²) < 4.78 is 52.2. The van der Waals surface area contributed by atoms with Crippen LogP contribution in [0.4, 0.5) is 15.9 Å². The number of rotatable bonds is 7. The highest BCUT2D eigenvalue weighted by Gasteiger charge is 2.23. The molecular formula is C23H20Cl2FN3O4S. The number of aromatic nitrogens is 1. The average molecular weight is 524 g/mol. The topological polar surface area (TPSA) is 107 Å². The summed E-state index contributed by atoms with van der Waals surface area (Å²) >= 11 is 12.3. The lowest BCUT2D eigenvalue weighted by atomic mass is 10.1. The molecule has 34 heavy (non-hydrogen) atoms. The Morgan fingerprint density at radius 3 is 2.76 bits per heavy atom. The van der Waals surface area contributed by atoms with Crippen LogP contribution in [0.3, 0.4) is 0 Å². The zero-order valence-electron chi connectivity index (χ0n) is 18.1. The molecule has 0 unspecified atom stereocenters. The number of nitrogens with one attached hydrogen (secondary N) is 1. The van der Waals surface area contributed by atoms with Crippen LogP contribution in [0.15, 0.2) is 53.3 Å². The van der Waals surface area contributed by atoms with Gasteiger partial charge in [-0.3, -0.25) is 4.72 Å². The number of nitrogens with zero attached hydrogens (tertiary/aromatic N) is 1. The van der Waals surface area contributed by atoms with E-state index in [9.17, 15) is 12.8 Å². The molecule has 0 amide bonds. The summed E-state index contributed by atoms with van der Waals surface area (Å²) in [6, 6.07) is 9.43. The molecule has 178 valence electrons. The van der Waals surface area contributed by atoms with E-state index >= 15 is 0 Å². The molecule has 0 fully saturated rings. The molecule has 0 radical (unpaired) electrons. The highest BCUT2D eigenvalue weighted by molar-refractivity contribution is 7.92. The fourth-order valence-corrected chi connectivity index (χ4v) is 4.78. The van der Waals surface area contributed by atoms with E-state index in [-0.39, 0.29) is 32.9 Å². The summed E-state index contributed by atoms with van der Waals surface area (Å²) in [6.07, 6.45) is 2.26. The summed E-state index contributed by atoms with van der Waals surface area (Å²) in [4.78, 5) is 4.21. The van der Waals surface area contributed by atoms with Gasteiger partial charge in [-0.15, -0.1) is 0 Å². The Balaban J connectivity index is 1.74. The average Bonchev–Trinajstić information content (AvgIpc) is 3.23. The van der Waals surface area contributed by atoms with Gasteiger partial charge in [-0.1, -0.05) is 35.3 Å². The van der Waals surface area contributed by atoms with Crippen molar-refractivity contribution in [2.45, 2.75) is 20.0 Å². The summed E-state index contributed by atoms with van der Waals surface area (Å²) in [7, 11) is -3.43. The molecule has 7 nitrogen and oxygen atoms in total. The summed E-state index contributed by atoms with van der Waals surface area (Å²) in [5.74, 6) is -0.462. The van der Waals surface area contributed by atoms with Gasteiger partial charge in [-0.25, -0.2) is 17.8 Å². The van der Waals surface area contributed by atoms with E-state index in [4.69, 9.17) is 38.1 Å². The lowest BCUT2D eigenvalue weighted by molar-refractivity contribution is 0.227. The van der Waals surface area contributed by atoms with Crippen LogP contribution in [0.1, 0.15) is 25.5 Å². The van der Waals surface area contributed by atoms with Crippen molar-refractivity contribution in [2.75, 3.05) is 16.2 Å². The zero-order valence-corrected chi connectivity index (χ0v) is 20.4. The minimum Gasteiger partial charge on any atom is -0.478 e. The SMILES string of the molecule is CCS(=O)(=O)Nc1cccc(-c2coc3c(O[C@H](C)c4c(Cl)ccc(F)c4Cl)c(N)ncc23)c1. The first kappa shape index (κ1) is 24.1. The second kappa shape index (κ2) is 9.32. The Labute approximate surface area is 205 Å². The third-order valence-electron chi connectivity index (χ3n) is 5.21. The normalized spacial score (nSPS) is 12.6. The molecule has 0 aliphatic heterocycles. The van der Waals surface area contributed by atoms with Crippen molar-refractivity contribution in [3.8, 4) is 16.9 Å². The van der Waals surface area contributed by atoms with Crippen LogP contribution in [0.5, 0.6) is 5.75 Å². The van der Waals surface area contributed by atoms with Gasteiger partial charge in [0.05, 0.1) is 22.4 Å². The molecule has 2 heterocycles. The third-order valence-corrected chi connectivity index (χ3v) is 7.23. The molecule has 4 rings (SSSR count). The van der Waals surface area contributed by atoms with Gasteiger partial charge < -0.3 is 14.9 Å². The van der Waals surface area contributed by atoms with Gasteiger partial charge in [0, 0.05) is 28.0 Å². The Bertz CT molecular complexity index is 1490. The molecule has 3 N–H and O–H groups in total. The van der Waals surface area contributed by atoms with Crippen molar-refractivity contribution < 1.29 is 22.0 Å². The second-order valence-electron chi connectivity index (χ2n) is 7.47. The van der Waals surface area contributed by atoms with Gasteiger partial charge in [-0.05, 0) is 43.7 Å². The highest BCUT2D eigenvalue weighted by Crippen LogP contribution is 2.41. The largest absolute Gasteiger partial charge is 0.478 e. The lowest BCUT2D eigenvalue weighted by Crippen LogP contribution is -2.14. The molecule has 11 heteroatoms. The number of ether oxygens (including phenoxy) is 1. The summed E-state index contributed by atoms with van der Waals surface area (Å²) in [5, 5.41) is 0.678. The van der Waals surface area contributed by atoms with E-state index in [2.05, 4.69) is 9.71 Å². The molecule has 0 saturated heterocycles. The molecule has 0 aliphatic rings. The van der Waals surface area contributed by atoms with Crippen LogP contribution in [0, 0.1) is 5.82 Å². The Hall–Kier alpha value is -3.01. The van der Waals surface area contributed by atoms with Crippen molar-refractivity contribution >= 4 is 55.7 Å². The molecule has 4 aromatic rings. The molecule has 0 bridgehead atoms. The standard InChI is InChI=1S/C23H20Cl2FN3O4S/c1-3-34(30,31)29-14-6-4-5-13(9-14)16-11-32-21-15(16)10-28-23(27)22(21)33-12(2)19-17(24)7-8-18(26)20(19)25/h4-12,29H,3H2,1-2H3,(H2,27,28)/t12-/m1/s1.